The van der Waals surface area contributed by atoms with Crippen LogP contribution < -0.4 is 75.7 Å². The zero-order valence-corrected chi connectivity index (χ0v) is 66.0. The van der Waals surface area contributed by atoms with Crippen LogP contribution in [0.2, 0.25) is 5.02 Å². The van der Waals surface area contributed by atoms with Crippen molar-refractivity contribution in [3.8, 4) is 5.75 Å². The third-order valence-corrected chi connectivity index (χ3v) is 20.2. The first-order valence-corrected chi connectivity index (χ1v) is 39.2. The Morgan fingerprint density at radius 2 is 0.957 bits per heavy atom. The van der Waals surface area contributed by atoms with Crippen molar-refractivity contribution in [2.45, 2.75) is 165 Å². The van der Waals surface area contributed by atoms with E-state index >= 15 is 28.8 Å². The molecule has 1 aliphatic rings. The molecular weight excluding hydrogens is 1510 g/mol. The average molecular weight is 1610 g/mol. The minimum Gasteiger partial charge on any atom is -0.508 e. The van der Waals surface area contributed by atoms with Crippen LogP contribution in [0.4, 0.5) is 0 Å². The van der Waals surface area contributed by atoms with Crippen molar-refractivity contribution in [3.63, 3.8) is 0 Å². The first-order valence-electron chi connectivity index (χ1n) is 38.9. The number of primary amides is 1. The van der Waals surface area contributed by atoms with Gasteiger partial charge in [-0.1, -0.05) is 115 Å². The molecule has 116 heavy (non-hydrogen) atoms. The van der Waals surface area contributed by atoms with Gasteiger partial charge in [-0.2, -0.15) is 0 Å². The van der Waals surface area contributed by atoms with E-state index in [1.54, 1.807) is 67.0 Å². The number of unbranched alkanes of at least 4 members (excludes halogenated alkanes) is 1. The summed E-state index contributed by atoms with van der Waals surface area (Å²) in [5.74, 6) is -8.74. The monoisotopic (exact) mass is 1610 g/mol. The van der Waals surface area contributed by atoms with Gasteiger partial charge in [0.25, 0.3) is 0 Å². The number of benzene rings is 6. The Bertz CT molecular complexity index is 4810. The second kappa shape index (κ2) is 43.1. The lowest BCUT2D eigenvalue weighted by Gasteiger charge is -2.30. The number of hydrogen-bond acceptors (Lipinski definition) is 15. The molecule has 9 rings (SSSR count). The van der Waals surface area contributed by atoms with Crippen LogP contribution in [0.25, 0.3) is 32.6 Å². The van der Waals surface area contributed by atoms with E-state index in [2.05, 4.69) is 78.4 Å². The Labute approximate surface area is 676 Å². The molecule has 32 nitrogen and oxygen atoms in total. The van der Waals surface area contributed by atoms with E-state index in [1.165, 1.54) is 43.0 Å². The number of phenols is 1. The van der Waals surface area contributed by atoms with Crippen molar-refractivity contribution >= 4 is 121 Å². The number of nitrogens with two attached hydrogens (primary N) is 3. The minimum atomic E-state index is -1.83. The molecule has 1 fully saturated rings. The molecule has 1 aliphatic heterocycles. The van der Waals surface area contributed by atoms with Gasteiger partial charge in [0.05, 0.1) is 6.61 Å². The summed E-state index contributed by atoms with van der Waals surface area (Å²) in [4.78, 5) is 176. The zero-order valence-electron chi connectivity index (χ0n) is 65.3. The van der Waals surface area contributed by atoms with Gasteiger partial charge in [-0.25, -0.2) is 0 Å². The van der Waals surface area contributed by atoms with Crippen LogP contribution in [0.15, 0.2) is 162 Å². The molecule has 0 spiro atoms. The Hall–Kier alpha value is -12.6. The highest BCUT2D eigenvalue weighted by Crippen LogP contribution is 2.25. The van der Waals surface area contributed by atoms with Crippen molar-refractivity contribution in [1.82, 2.24) is 73.4 Å². The molecule has 0 bridgehead atoms. The SMILES string of the molecule is CCNC(=NCCCC[C@H](NC(=O)[C@H](CO)NC(=O)[C@@H](Cc1c[nH]c2ccccc12)NC(=O)[C@@H](Cc1ccc(Cl)cc1)NC(=O)[C@@H](Cc1ccc2ccccc2c1)NC(C)=O)C(=O)N[C@H](Cc1ccc(O)cc1)C(=O)N[C@@H](Cc1c[nH]c2ccccc12)C(=O)N[C@@H](CCCN=C(N)N)C(=O)N1CCC[C@H]1C(=O)N[C@H](C)C(N)=O)NCC. The minimum absolute atomic E-state index is 0.0310. The largest absolute Gasteiger partial charge is 0.508 e. The summed E-state index contributed by atoms with van der Waals surface area (Å²) in [6.07, 6.45) is 3.68. The summed E-state index contributed by atoms with van der Waals surface area (Å²) in [6, 6.07) is 25.9. The molecular formula is C83H104ClN19O13. The number of nitrogens with zero attached hydrogens (tertiary/aromatic N) is 3. The summed E-state index contributed by atoms with van der Waals surface area (Å²) in [7, 11) is 0. The Kier molecular flexibility index (Phi) is 32.4. The van der Waals surface area contributed by atoms with Gasteiger partial charge in [0.15, 0.2) is 11.9 Å². The van der Waals surface area contributed by atoms with Gasteiger partial charge < -0.3 is 101 Å². The number of amides is 11. The van der Waals surface area contributed by atoms with E-state index in [0.29, 0.717) is 86.5 Å². The summed E-state index contributed by atoms with van der Waals surface area (Å²) in [5, 5.41) is 56.3. The quantitative estimate of drug-likeness (QED) is 0.0149. The second-order valence-corrected chi connectivity index (χ2v) is 29.1. The number of guanidine groups is 2. The molecule has 0 saturated carbocycles. The van der Waals surface area contributed by atoms with E-state index in [0.717, 1.165) is 10.8 Å². The number of rotatable bonds is 41. The van der Waals surface area contributed by atoms with Crippen molar-refractivity contribution < 1.29 is 63.0 Å². The molecule has 3 heterocycles. The van der Waals surface area contributed by atoms with Gasteiger partial charge in [-0.05, 0) is 141 Å². The maximum absolute atomic E-state index is 15.5. The van der Waals surface area contributed by atoms with Crippen molar-refractivity contribution in [2.75, 3.05) is 39.3 Å². The van der Waals surface area contributed by atoms with Gasteiger partial charge in [-0.3, -0.25) is 62.7 Å². The highest BCUT2D eigenvalue weighted by atomic mass is 35.5. The first-order chi connectivity index (χ1) is 55.8. The van der Waals surface area contributed by atoms with Crippen LogP contribution in [0, 0.1) is 0 Å². The number of aromatic hydroxyl groups is 1. The van der Waals surface area contributed by atoms with Crippen LogP contribution in [0.1, 0.15) is 100 Å². The molecule has 0 unspecified atom stereocenters. The zero-order chi connectivity index (χ0) is 83.4. The average Bonchev–Trinajstić information content (AvgIpc) is 1.59. The van der Waals surface area contributed by atoms with Crippen LogP contribution >= 0.6 is 11.6 Å². The molecule has 0 radical (unpaired) electrons. The number of fused-ring (bicyclic) bond motifs is 3. The number of nitrogens with one attached hydrogen (secondary N) is 13. The van der Waals surface area contributed by atoms with E-state index in [4.69, 9.17) is 28.8 Å². The lowest BCUT2D eigenvalue weighted by atomic mass is 9.99. The van der Waals surface area contributed by atoms with Crippen LogP contribution in [0.3, 0.4) is 0 Å². The number of halogens is 1. The predicted octanol–water partition coefficient (Wildman–Crippen LogP) is 2.35. The number of carbonyl (C=O) groups is 11. The van der Waals surface area contributed by atoms with E-state index in [1.807, 2.05) is 74.5 Å². The van der Waals surface area contributed by atoms with Crippen molar-refractivity contribution in [1.29, 1.82) is 0 Å². The molecule has 0 aliphatic carbocycles. The highest BCUT2D eigenvalue weighted by molar-refractivity contribution is 6.30. The summed E-state index contributed by atoms with van der Waals surface area (Å²) < 4.78 is 0. The molecule has 11 amide bonds. The fraction of sp³-hybridized carbons (Fsp3) is 0.386. The number of aromatic amines is 2. The molecule has 8 aromatic rings. The molecule has 10 atom stereocenters. The summed E-state index contributed by atoms with van der Waals surface area (Å²) in [6.45, 7) is 6.96. The number of likely N-dealkylation sites (tertiary alicyclic amines) is 1. The first kappa shape index (κ1) is 87.4. The van der Waals surface area contributed by atoms with Crippen LogP contribution in [-0.2, 0) is 84.8 Å². The number of H-pyrrole nitrogens is 2. The van der Waals surface area contributed by atoms with Gasteiger partial charge in [0, 0.05) is 111 Å². The highest BCUT2D eigenvalue weighted by Gasteiger charge is 2.41. The number of aromatic nitrogens is 2. The lowest BCUT2D eigenvalue weighted by molar-refractivity contribution is -0.142. The topological polar surface area (TPSA) is 498 Å². The fourth-order valence-corrected chi connectivity index (χ4v) is 14.0. The predicted molar refractivity (Wildman–Crippen MR) is 442 cm³/mol. The van der Waals surface area contributed by atoms with Gasteiger partial charge in [0.1, 0.15) is 66.2 Å². The number of aliphatic hydroxyl groups is 1. The van der Waals surface area contributed by atoms with Crippen molar-refractivity contribution in [3.05, 3.63) is 185 Å². The second-order valence-electron chi connectivity index (χ2n) is 28.6. The number of carbonyl (C=O) groups excluding carboxylic acids is 11. The molecule has 33 heteroatoms. The molecule has 1 saturated heterocycles. The maximum Gasteiger partial charge on any atom is 0.245 e. The van der Waals surface area contributed by atoms with E-state index in [9.17, 15) is 34.2 Å². The third kappa shape index (κ3) is 25.5. The lowest BCUT2D eigenvalue weighted by Crippen LogP contribution is -2.61. The van der Waals surface area contributed by atoms with Crippen LogP contribution in [0.5, 0.6) is 5.75 Å². The molecule has 21 N–H and O–H groups in total. The standard InChI is InChI=1S/C83H104ClN19O13/c1-5-88-83(89-6-2)91-36-14-13-23-63(73(108)98-66(41-51-29-34-58(106)35-30-51)75(110)100-68(43-55-45-92-61-21-11-9-19-59(55)61)77(112)97-64(24-15-37-90-82(86)87)81(116)103-38-16-25-71(103)80(115)94-48(3)72(85)107)96-79(114)70(47-104)102-78(113)69(44-56-46-93-62-22-12-10-20-60(56)62)101-76(111)67(40-50-27-32-57(84)33-28-50)99-74(109)65(95-49(4)105)42-52-26-31-53-17-7-8-18-54(53)39-52/h7-12,17-22,26-35,39,45-46,48,63-71,92-93,104,106H,5-6,13-16,23-25,36-38,40-44,47H2,1-4H3,(H2,85,107)(H,94,115)(H,95,105)(H,96,114)(H,97,112)(H,98,108)(H,99,109)(H,100,110)(H,101,111)(H,102,113)(H4,86,87,90)(H2,88,89,91)/t48-,63+,64+,65-,66-,67-,68+,69-,70+,71+/m1/s1. The normalized spacial score (nSPS) is 14.8. The fourth-order valence-electron chi connectivity index (χ4n) is 13.8. The molecule has 6 aromatic carbocycles. The Morgan fingerprint density at radius 3 is 1.49 bits per heavy atom. The third-order valence-electron chi connectivity index (χ3n) is 19.9. The molecule has 2 aromatic heterocycles. The number of para-hydroxylation sites is 2. The number of aliphatic imine (C=N–C) groups is 2. The summed E-state index contributed by atoms with van der Waals surface area (Å²) in [5.41, 5.74) is 21.0. The van der Waals surface area contributed by atoms with Gasteiger partial charge >= 0.3 is 0 Å². The summed E-state index contributed by atoms with van der Waals surface area (Å²) >= 11 is 6.31. The maximum atomic E-state index is 15.5. The van der Waals surface area contributed by atoms with Gasteiger partial charge in [0.2, 0.25) is 65.0 Å². The number of aliphatic hydroxyl groups excluding tert-OH is 1. The number of phenolic OH excluding ortho intramolecular Hbond substituents is 1. The number of hydrogen-bond donors (Lipinski definition) is 18. The Balaban J connectivity index is 1.01. The van der Waals surface area contributed by atoms with E-state index in [-0.39, 0.29) is 95.6 Å². The van der Waals surface area contributed by atoms with Crippen LogP contribution in [-0.4, -0.2) is 202 Å². The smallest absolute Gasteiger partial charge is 0.245 e. The molecule has 616 valence electrons. The van der Waals surface area contributed by atoms with Gasteiger partial charge in [-0.15, -0.1) is 0 Å². The van der Waals surface area contributed by atoms with E-state index < -0.39 is 132 Å². The van der Waals surface area contributed by atoms with Crippen molar-refractivity contribution in [2.24, 2.45) is 27.2 Å². The Morgan fingerprint density at radius 1 is 0.509 bits per heavy atom.